The quantitative estimate of drug-likeness (QED) is 0.645. The van der Waals surface area contributed by atoms with Crippen molar-refractivity contribution in [1.82, 2.24) is 5.32 Å². The monoisotopic (exact) mass is 309 g/mol. The van der Waals surface area contributed by atoms with Gasteiger partial charge in [0.2, 0.25) is 0 Å². The average Bonchev–Trinajstić information content (AvgIpc) is 2.44. The number of nitrogens with one attached hydrogen (secondary N) is 1. The Labute approximate surface area is 132 Å². The topological polar surface area (TPSA) is 49.3 Å². The van der Waals surface area contributed by atoms with Crippen molar-refractivity contribution in [3.63, 3.8) is 0 Å². The summed E-state index contributed by atoms with van der Waals surface area (Å²) in [6.45, 7) is 6.69. The number of benzene rings is 1. The van der Waals surface area contributed by atoms with Gasteiger partial charge in [0.25, 0.3) is 0 Å². The van der Waals surface area contributed by atoms with Crippen LogP contribution in [0.15, 0.2) is 24.3 Å². The summed E-state index contributed by atoms with van der Waals surface area (Å²) in [5, 5.41) is 12.5. The highest BCUT2D eigenvalue weighted by Gasteiger charge is 2.31. The second-order valence-corrected chi connectivity index (χ2v) is 6.81. The van der Waals surface area contributed by atoms with Gasteiger partial charge in [-0.15, -0.1) is 0 Å². The summed E-state index contributed by atoms with van der Waals surface area (Å²) < 4.78 is 0. The molecule has 0 bridgehead atoms. The summed E-state index contributed by atoms with van der Waals surface area (Å²) >= 11 is 1.87. The molecule has 0 spiro atoms. The molecule has 0 heterocycles. The highest BCUT2D eigenvalue weighted by Crippen LogP contribution is 2.19. The lowest BCUT2D eigenvalue weighted by Crippen LogP contribution is -2.49. The summed E-state index contributed by atoms with van der Waals surface area (Å²) in [6.07, 6.45) is 2.53. The lowest BCUT2D eigenvalue weighted by molar-refractivity contribution is -0.144. The molecule has 0 saturated heterocycles. The van der Waals surface area contributed by atoms with Crippen LogP contribution in [0.25, 0.3) is 0 Å². The molecule has 1 rings (SSSR count). The lowest BCUT2D eigenvalue weighted by Gasteiger charge is -2.26. The molecule has 4 heteroatoms. The molecule has 1 unspecified atom stereocenters. The average molecular weight is 309 g/mol. The maximum absolute atomic E-state index is 11.4. The third-order valence-corrected chi connectivity index (χ3v) is 4.67. The molecule has 3 nitrogen and oxygen atoms in total. The van der Waals surface area contributed by atoms with Gasteiger partial charge in [0, 0.05) is 5.75 Å². The van der Waals surface area contributed by atoms with Crippen molar-refractivity contribution in [2.24, 2.45) is 0 Å². The summed E-state index contributed by atoms with van der Waals surface area (Å²) in [5.41, 5.74) is 1.83. The Kier molecular flexibility index (Phi) is 7.83. The molecule has 0 aliphatic carbocycles. The smallest absolute Gasteiger partial charge is 0.323 e. The number of hydrogen-bond donors (Lipinski definition) is 2. The van der Waals surface area contributed by atoms with E-state index in [4.69, 9.17) is 0 Å². The largest absolute Gasteiger partial charge is 0.480 e. The fourth-order valence-electron chi connectivity index (χ4n) is 2.19. The molecule has 1 aromatic rings. The Morgan fingerprint density at radius 3 is 2.81 bits per heavy atom. The number of aryl methyl sites for hydroxylation is 1. The van der Waals surface area contributed by atoms with Gasteiger partial charge in [-0.3, -0.25) is 4.79 Å². The van der Waals surface area contributed by atoms with Gasteiger partial charge in [-0.1, -0.05) is 36.8 Å². The Bertz CT molecular complexity index is 450. The van der Waals surface area contributed by atoms with Gasteiger partial charge in [0.15, 0.2) is 0 Å². The van der Waals surface area contributed by atoms with Crippen LogP contribution in [0.5, 0.6) is 0 Å². The van der Waals surface area contributed by atoms with Crippen LogP contribution in [0.2, 0.25) is 0 Å². The first-order chi connectivity index (χ1) is 9.98. The second-order valence-electron chi connectivity index (χ2n) is 5.71. The van der Waals surface area contributed by atoms with Crippen LogP contribution >= 0.6 is 11.8 Å². The van der Waals surface area contributed by atoms with Gasteiger partial charge in [0.05, 0.1) is 0 Å². The fraction of sp³-hybridized carbons (Fsp3) is 0.588. The molecular weight excluding hydrogens is 282 g/mol. The summed E-state index contributed by atoms with van der Waals surface area (Å²) in [5.74, 6) is 1.23. The van der Waals surface area contributed by atoms with Crippen molar-refractivity contribution in [2.45, 2.75) is 51.3 Å². The maximum atomic E-state index is 11.4. The summed E-state index contributed by atoms with van der Waals surface area (Å²) in [6, 6.07) is 8.54. The van der Waals surface area contributed by atoms with Gasteiger partial charge in [-0.2, -0.15) is 11.8 Å². The van der Waals surface area contributed by atoms with Gasteiger partial charge in [-0.25, -0.2) is 0 Å². The zero-order valence-corrected chi connectivity index (χ0v) is 14.1. The fourth-order valence-corrected chi connectivity index (χ4v) is 3.10. The maximum Gasteiger partial charge on any atom is 0.323 e. The zero-order chi connectivity index (χ0) is 15.7. The molecular formula is C17H27NO2S. The van der Waals surface area contributed by atoms with Crippen LogP contribution in [0.1, 0.15) is 44.2 Å². The first-order valence-corrected chi connectivity index (χ1v) is 8.75. The molecule has 0 aromatic heterocycles. The van der Waals surface area contributed by atoms with Gasteiger partial charge < -0.3 is 10.4 Å². The van der Waals surface area contributed by atoms with E-state index in [0.717, 1.165) is 30.9 Å². The number of hydrogen-bond acceptors (Lipinski definition) is 3. The summed E-state index contributed by atoms with van der Waals surface area (Å²) in [4.78, 5) is 11.4. The molecule has 118 valence electrons. The van der Waals surface area contributed by atoms with E-state index < -0.39 is 11.5 Å². The Balaban J connectivity index is 2.30. The Morgan fingerprint density at radius 1 is 1.43 bits per heavy atom. The molecule has 21 heavy (non-hydrogen) atoms. The first-order valence-electron chi connectivity index (χ1n) is 7.59. The van der Waals surface area contributed by atoms with Crippen molar-refractivity contribution in [3.8, 4) is 0 Å². The number of aliphatic carboxylic acids is 1. The number of thioether (sulfide) groups is 1. The highest BCUT2D eigenvalue weighted by atomic mass is 32.2. The van der Waals surface area contributed by atoms with Crippen molar-refractivity contribution in [1.29, 1.82) is 0 Å². The van der Waals surface area contributed by atoms with E-state index in [2.05, 4.69) is 36.5 Å². The lowest BCUT2D eigenvalue weighted by atomic mass is 9.96. The molecule has 0 radical (unpaired) electrons. The number of rotatable bonds is 10. The third kappa shape index (κ3) is 6.53. The van der Waals surface area contributed by atoms with Crippen LogP contribution < -0.4 is 5.32 Å². The number of carbonyl (C=O) groups is 1. The Morgan fingerprint density at radius 2 is 2.19 bits per heavy atom. The van der Waals surface area contributed by atoms with E-state index in [-0.39, 0.29) is 0 Å². The number of carboxylic acids is 1. The molecule has 1 atom stereocenters. The number of carboxylic acid groups (broad SMARTS) is 1. The standard InChI is InChI=1S/C17H27NO2S/c1-4-10-18-17(3,16(19)20)9-6-11-21-13-15-8-5-7-14(2)12-15/h5,7-8,12,18H,4,6,9-11,13H2,1-3H3,(H,19,20). The first kappa shape index (κ1) is 18.1. The van der Waals surface area contributed by atoms with E-state index in [0.29, 0.717) is 6.42 Å². The van der Waals surface area contributed by atoms with Crippen molar-refractivity contribution < 1.29 is 9.90 Å². The van der Waals surface area contributed by atoms with E-state index in [9.17, 15) is 9.90 Å². The van der Waals surface area contributed by atoms with E-state index in [1.54, 1.807) is 6.92 Å². The van der Waals surface area contributed by atoms with Gasteiger partial charge in [-0.05, 0) is 51.0 Å². The molecule has 0 amide bonds. The highest BCUT2D eigenvalue weighted by molar-refractivity contribution is 7.98. The van der Waals surface area contributed by atoms with Crippen LogP contribution in [-0.2, 0) is 10.5 Å². The van der Waals surface area contributed by atoms with E-state index in [1.807, 2.05) is 18.7 Å². The molecule has 2 N–H and O–H groups in total. The second kappa shape index (κ2) is 9.11. The van der Waals surface area contributed by atoms with Crippen molar-refractivity contribution in [2.75, 3.05) is 12.3 Å². The Hall–Kier alpha value is -1.00. The van der Waals surface area contributed by atoms with Crippen LogP contribution in [0, 0.1) is 6.92 Å². The van der Waals surface area contributed by atoms with E-state index in [1.165, 1.54) is 11.1 Å². The SMILES string of the molecule is CCCNC(C)(CCCSCc1cccc(C)c1)C(=O)O. The predicted molar refractivity (Wildman–Crippen MR) is 90.9 cm³/mol. The molecule has 0 aliphatic heterocycles. The van der Waals surface area contributed by atoms with Gasteiger partial charge >= 0.3 is 5.97 Å². The predicted octanol–water partition coefficient (Wildman–Crippen LogP) is 3.85. The van der Waals surface area contributed by atoms with Crippen LogP contribution in [0.3, 0.4) is 0 Å². The molecule has 0 aliphatic rings. The minimum Gasteiger partial charge on any atom is -0.480 e. The molecule has 0 saturated carbocycles. The van der Waals surface area contributed by atoms with Crippen LogP contribution in [-0.4, -0.2) is 28.9 Å². The van der Waals surface area contributed by atoms with Gasteiger partial charge in [0.1, 0.15) is 5.54 Å². The summed E-state index contributed by atoms with van der Waals surface area (Å²) in [7, 11) is 0. The van der Waals surface area contributed by atoms with Crippen LogP contribution in [0.4, 0.5) is 0 Å². The zero-order valence-electron chi connectivity index (χ0n) is 13.3. The normalized spacial score (nSPS) is 13.9. The minimum absolute atomic E-state index is 0.670. The van der Waals surface area contributed by atoms with E-state index >= 15 is 0 Å². The molecule has 0 fully saturated rings. The molecule has 1 aromatic carbocycles. The minimum atomic E-state index is -0.792. The van der Waals surface area contributed by atoms with Crippen molar-refractivity contribution in [3.05, 3.63) is 35.4 Å². The third-order valence-electron chi connectivity index (χ3n) is 3.55. The van der Waals surface area contributed by atoms with Crippen molar-refractivity contribution >= 4 is 17.7 Å².